The van der Waals surface area contributed by atoms with Gasteiger partial charge in [0.1, 0.15) is 5.56 Å². The predicted octanol–water partition coefficient (Wildman–Crippen LogP) is 4.73. The van der Waals surface area contributed by atoms with Crippen molar-refractivity contribution in [3.63, 3.8) is 0 Å². The van der Waals surface area contributed by atoms with E-state index < -0.39 is 11.5 Å². The molecule has 2 N–H and O–H groups in total. The number of nitrogens with one attached hydrogen (secondary N) is 2. The summed E-state index contributed by atoms with van der Waals surface area (Å²) in [6.45, 7) is 0. The van der Waals surface area contributed by atoms with Gasteiger partial charge in [-0.25, -0.2) is 4.79 Å². The Morgan fingerprint density at radius 2 is 1.92 bits per heavy atom. The summed E-state index contributed by atoms with van der Waals surface area (Å²) in [4.78, 5) is 24.3. The van der Waals surface area contributed by atoms with Crippen LogP contribution in [-0.4, -0.2) is 5.91 Å². The van der Waals surface area contributed by atoms with Crippen molar-refractivity contribution >= 4 is 66.0 Å². The Morgan fingerprint density at radius 3 is 2.67 bits per heavy atom. The molecule has 8 heteroatoms. The molecular formula is C16H9Br2ClN2O3. The molecule has 0 unspecified atom stereocenters. The van der Waals surface area contributed by atoms with E-state index in [9.17, 15) is 9.59 Å². The van der Waals surface area contributed by atoms with E-state index in [1.165, 1.54) is 6.07 Å². The van der Waals surface area contributed by atoms with Gasteiger partial charge in [0.05, 0.1) is 10.2 Å². The summed E-state index contributed by atoms with van der Waals surface area (Å²) in [5.41, 5.74) is 5.28. The summed E-state index contributed by atoms with van der Waals surface area (Å²) in [7, 11) is 0. The molecule has 122 valence electrons. The average molecular weight is 473 g/mol. The molecule has 3 aromatic rings. The molecule has 1 amide bonds. The van der Waals surface area contributed by atoms with Gasteiger partial charge in [-0.15, -0.1) is 0 Å². The second kappa shape index (κ2) is 6.96. The molecule has 0 aliphatic heterocycles. The minimum atomic E-state index is -0.726. The molecule has 2 aromatic carbocycles. The lowest BCUT2D eigenvalue weighted by Crippen LogP contribution is -2.32. The van der Waals surface area contributed by atoms with Gasteiger partial charge in [0, 0.05) is 14.9 Å². The van der Waals surface area contributed by atoms with E-state index in [-0.39, 0.29) is 5.56 Å². The fraction of sp³-hybridized carbons (Fsp3) is 0. The van der Waals surface area contributed by atoms with Crippen LogP contribution in [0.3, 0.4) is 0 Å². The van der Waals surface area contributed by atoms with Gasteiger partial charge in [0.2, 0.25) is 0 Å². The average Bonchev–Trinajstić information content (AvgIpc) is 2.53. The van der Waals surface area contributed by atoms with Crippen molar-refractivity contribution in [3.8, 4) is 0 Å². The molecule has 0 fully saturated rings. The SMILES string of the molecule is O=C(NNc1cccc(Cl)c1)c1cc2cc(Br)cc(Br)c2oc1=O. The van der Waals surface area contributed by atoms with Gasteiger partial charge in [-0.05, 0) is 52.3 Å². The number of benzene rings is 2. The van der Waals surface area contributed by atoms with Crippen molar-refractivity contribution in [1.29, 1.82) is 0 Å². The van der Waals surface area contributed by atoms with Crippen LogP contribution in [0.25, 0.3) is 11.0 Å². The first-order valence-corrected chi connectivity index (χ1v) is 8.65. The first-order valence-electron chi connectivity index (χ1n) is 6.69. The lowest BCUT2D eigenvalue weighted by atomic mass is 10.2. The van der Waals surface area contributed by atoms with E-state index in [4.69, 9.17) is 16.0 Å². The number of amides is 1. The maximum atomic E-state index is 12.2. The number of carbonyl (C=O) groups is 1. The quantitative estimate of drug-likeness (QED) is 0.427. The molecule has 0 aliphatic carbocycles. The summed E-state index contributed by atoms with van der Waals surface area (Å²) < 4.78 is 6.65. The first-order chi connectivity index (χ1) is 11.4. The number of anilines is 1. The number of hydrazine groups is 1. The number of hydrogen-bond donors (Lipinski definition) is 2. The van der Waals surface area contributed by atoms with Crippen LogP contribution >= 0.6 is 43.5 Å². The van der Waals surface area contributed by atoms with Crippen LogP contribution in [0.15, 0.2) is 60.6 Å². The topological polar surface area (TPSA) is 71.3 Å². The molecule has 0 radical (unpaired) electrons. The van der Waals surface area contributed by atoms with Crippen molar-refractivity contribution < 1.29 is 9.21 Å². The highest BCUT2D eigenvalue weighted by Crippen LogP contribution is 2.28. The van der Waals surface area contributed by atoms with Crippen LogP contribution < -0.4 is 16.5 Å². The van der Waals surface area contributed by atoms with Crippen LogP contribution in [-0.2, 0) is 0 Å². The fourth-order valence-corrected chi connectivity index (χ4v) is 3.61. The largest absolute Gasteiger partial charge is 0.421 e. The second-order valence-electron chi connectivity index (χ2n) is 4.84. The Balaban J connectivity index is 1.89. The monoisotopic (exact) mass is 470 g/mol. The normalized spacial score (nSPS) is 10.6. The summed E-state index contributed by atoms with van der Waals surface area (Å²) in [5, 5.41) is 1.14. The highest BCUT2D eigenvalue weighted by molar-refractivity contribution is 9.11. The number of fused-ring (bicyclic) bond motifs is 1. The zero-order valence-electron chi connectivity index (χ0n) is 11.9. The van der Waals surface area contributed by atoms with Crippen LogP contribution in [0, 0.1) is 0 Å². The van der Waals surface area contributed by atoms with Crippen LogP contribution in [0.2, 0.25) is 5.02 Å². The first kappa shape index (κ1) is 17.0. The van der Waals surface area contributed by atoms with Crippen LogP contribution in [0.4, 0.5) is 5.69 Å². The van der Waals surface area contributed by atoms with Crippen LogP contribution in [0.1, 0.15) is 10.4 Å². The number of halogens is 3. The van der Waals surface area contributed by atoms with E-state index in [2.05, 4.69) is 42.7 Å². The van der Waals surface area contributed by atoms with E-state index in [1.807, 2.05) is 0 Å². The summed E-state index contributed by atoms with van der Waals surface area (Å²) in [6, 6.07) is 11.8. The third-order valence-corrected chi connectivity index (χ3v) is 4.42. The molecule has 5 nitrogen and oxygen atoms in total. The molecule has 0 spiro atoms. The predicted molar refractivity (Wildman–Crippen MR) is 100 cm³/mol. The van der Waals surface area contributed by atoms with Gasteiger partial charge in [-0.2, -0.15) is 0 Å². The summed E-state index contributed by atoms with van der Waals surface area (Å²) >= 11 is 12.6. The van der Waals surface area contributed by atoms with E-state index in [0.717, 1.165) is 4.47 Å². The lowest BCUT2D eigenvalue weighted by molar-refractivity contribution is 0.0959. The maximum Gasteiger partial charge on any atom is 0.349 e. The summed E-state index contributed by atoms with van der Waals surface area (Å²) in [5.74, 6) is -0.610. The van der Waals surface area contributed by atoms with E-state index >= 15 is 0 Å². The highest BCUT2D eigenvalue weighted by atomic mass is 79.9. The molecule has 0 saturated heterocycles. The van der Waals surface area contributed by atoms with Crippen molar-refractivity contribution in [3.05, 3.63) is 72.4 Å². The zero-order chi connectivity index (χ0) is 17.3. The smallest absolute Gasteiger partial charge is 0.349 e. The minimum absolute atomic E-state index is 0.109. The molecule has 1 heterocycles. The van der Waals surface area contributed by atoms with E-state index in [0.29, 0.717) is 26.2 Å². The Kier molecular flexibility index (Phi) is 4.93. The molecule has 0 aliphatic rings. The standard InChI is InChI=1S/C16H9Br2ClN2O3/c17-9-4-8-5-12(16(23)24-14(8)13(18)6-9)15(22)21-20-11-3-1-2-10(19)7-11/h1-7,20H,(H,21,22). The zero-order valence-corrected chi connectivity index (χ0v) is 15.8. The third kappa shape index (κ3) is 3.63. The van der Waals surface area contributed by atoms with Crippen molar-refractivity contribution in [2.24, 2.45) is 0 Å². The molecule has 0 saturated carbocycles. The summed E-state index contributed by atoms with van der Waals surface area (Å²) in [6.07, 6.45) is 0. The van der Waals surface area contributed by atoms with E-state index in [1.54, 1.807) is 36.4 Å². The Bertz CT molecular complexity index is 1000. The number of hydrogen-bond acceptors (Lipinski definition) is 4. The van der Waals surface area contributed by atoms with Gasteiger partial charge in [0.25, 0.3) is 5.91 Å². The van der Waals surface area contributed by atoms with Gasteiger partial charge in [0.15, 0.2) is 5.58 Å². The molecule has 3 rings (SSSR count). The van der Waals surface area contributed by atoms with Crippen molar-refractivity contribution in [1.82, 2.24) is 5.43 Å². The lowest BCUT2D eigenvalue weighted by Gasteiger charge is -2.09. The second-order valence-corrected chi connectivity index (χ2v) is 7.05. The Morgan fingerprint density at radius 1 is 1.12 bits per heavy atom. The molecule has 0 atom stereocenters. The highest BCUT2D eigenvalue weighted by Gasteiger charge is 2.15. The molecule has 0 bridgehead atoms. The van der Waals surface area contributed by atoms with Gasteiger partial charge >= 0.3 is 5.63 Å². The van der Waals surface area contributed by atoms with Gasteiger partial charge < -0.3 is 4.42 Å². The van der Waals surface area contributed by atoms with Crippen LogP contribution in [0.5, 0.6) is 0 Å². The third-order valence-electron chi connectivity index (χ3n) is 3.14. The van der Waals surface area contributed by atoms with Crippen molar-refractivity contribution in [2.75, 3.05) is 5.43 Å². The Hall–Kier alpha value is -1.83. The minimum Gasteiger partial charge on any atom is -0.421 e. The Labute approximate surface area is 158 Å². The molecule has 1 aromatic heterocycles. The maximum absolute atomic E-state index is 12.2. The fourth-order valence-electron chi connectivity index (χ4n) is 2.08. The number of carbonyl (C=O) groups excluding carboxylic acids is 1. The number of rotatable bonds is 3. The van der Waals surface area contributed by atoms with Gasteiger partial charge in [-0.3, -0.25) is 15.6 Å². The van der Waals surface area contributed by atoms with Gasteiger partial charge in [-0.1, -0.05) is 33.6 Å². The molecule has 24 heavy (non-hydrogen) atoms. The molecular weight excluding hydrogens is 463 g/mol. The van der Waals surface area contributed by atoms with Crippen molar-refractivity contribution in [2.45, 2.75) is 0 Å².